The van der Waals surface area contributed by atoms with Gasteiger partial charge in [0.25, 0.3) is 0 Å². The average Bonchev–Trinajstić information content (AvgIpc) is 2.36. The van der Waals surface area contributed by atoms with Crippen LogP contribution in [0.25, 0.3) is 0 Å². The van der Waals surface area contributed by atoms with Crippen molar-refractivity contribution in [3.05, 3.63) is 59.4 Å². The van der Waals surface area contributed by atoms with Crippen LogP contribution in [0.1, 0.15) is 18.5 Å². The molecule has 0 aliphatic carbocycles. The molecule has 0 aliphatic rings. The van der Waals surface area contributed by atoms with Crippen molar-refractivity contribution in [1.82, 2.24) is 0 Å². The molecule has 0 bridgehead atoms. The van der Waals surface area contributed by atoms with Crippen LogP contribution in [0.3, 0.4) is 0 Å². The molecule has 5 heteroatoms. The van der Waals surface area contributed by atoms with E-state index in [1.54, 1.807) is 13.0 Å². The maximum absolute atomic E-state index is 13.7. The van der Waals surface area contributed by atoms with Crippen LogP contribution in [0, 0.1) is 17.5 Å². The van der Waals surface area contributed by atoms with Crippen molar-refractivity contribution in [2.45, 2.75) is 13.0 Å². The Morgan fingerprint density at radius 3 is 2.32 bits per heavy atom. The predicted octanol–water partition coefficient (Wildman–Crippen LogP) is 3.92. The molecule has 0 saturated heterocycles. The highest BCUT2D eigenvalue weighted by molar-refractivity contribution is 5.41. The lowest BCUT2D eigenvalue weighted by Crippen LogP contribution is -2.08. The van der Waals surface area contributed by atoms with Crippen molar-refractivity contribution >= 4 is 0 Å². The van der Waals surface area contributed by atoms with Crippen LogP contribution in [0.15, 0.2) is 36.4 Å². The van der Waals surface area contributed by atoms with Gasteiger partial charge in [0.2, 0.25) is 5.82 Å². The SMILES string of the molecule is C[C@@H](N)c1cccc(F)c1Oc1cccc(F)c1F. The first-order chi connectivity index (χ1) is 9.00. The summed E-state index contributed by atoms with van der Waals surface area (Å²) in [4.78, 5) is 0. The van der Waals surface area contributed by atoms with E-state index >= 15 is 0 Å². The molecule has 0 amide bonds. The summed E-state index contributed by atoms with van der Waals surface area (Å²) in [5.41, 5.74) is 6.07. The van der Waals surface area contributed by atoms with Crippen molar-refractivity contribution in [1.29, 1.82) is 0 Å². The molecule has 0 spiro atoms. The van der Waals surface area contributed by atoms with Crippen LogP contribution >= 0.6 is 0 Å². The first kappa shape index (κ1) is 13.4. The van der Waals surface area contributed by atoms with Crippen molar-refractivity contribution in [3.63, 3.8) is 0 Å². The third kappa shape index (κ3) is 2.71. The summed E-state index contributed by atoms with van der Waals surface area (Å²) in [6, 6.07) is 7.16. The molecule has 1 atom stereocenters. The summed E-state index contributed by atoms with van der Waals surface area (Å²) in [5, 5.41) is 0. The smallest absolute Gasteiger partial charge is 0.201 e. The van der Waals surface area contributed by atoms with Gasteiger partial charge < -0.3 is 10.5 Å². The number of hydrogen-bond acceptors (Lipinski definition) is 2. The lowest BCUT2D eigenvalue weighted by Gasteiger charge is -2.14. The second-order valence-corrected chi connectivity index (χ2v) is 4.10. The fourth-order valence-corrected chi connectivity index (χ4v) is 1.66. The van der Waals surface area contributed by atoms with Gasteiger partial charge in [0, 0.05) is 11.6 Å². The van der Waals surface area contributed by atoms with Gasteiger partial charge in [-0.1, -0.05) is 18.2 Å². The summed E-state index contributed by atoms with van der Waals surface area (Å²) in [6.45, 7) is 1.64. The van der Waals surface area contributed by atoms with Crippen LogP contribution in [-0.2, 0) is 0 Å². The first-order valence-electron chi connectivity index (χ1n) is 5.66. The maximum atomic E-state index is 13.7. The lowest BCUT2D eigenvalue weighted by molar-refractivity contribution is 0.391. The molecular formula is C14H12F3NO. The van der Waals surface area contributed by atoms with Crippen LogP contribution in [0.2, 0.25) is 0 Å². The van der Waals surface area contributed by atoms with E-state index in [1.807, 2.05) is 0 Å². The van der Waals surface area contributed by atoms with Gasteiger partial charge in [0.1, 0.15) is 0 Å². The Balaban J connectivity index is 2.46. The molecule has 2 N–H and O–H groups in total. The van der Waals surface area contributed by atoms with Gasteiger partial charge in [0.05, 0.1) is 0 Å². The normalized spacial score (nSPS) is 12.3. The summed E-state index contributed by atoms with van der Waals surface area (Å²) in [7, 11) is 0. The van der Waals surface area contributed by atoms with E-state index in [0.717, 1.165) is 6.07 Å². The standard InChI is InChI=1S/C14H12F3NO/c1-8(18)9-4-2-6-11(16)14(9)19-12-7-3-5-10(15)13(12)17/h2-8H,18H2,1H3/t8-/m1/s1. The molecular weight excluding hydrogens is 255 g/mol. The van der Waals surface area contributed by atoms with E-state index in [0.29, 0.717) is 5.56 Å². The molecule has 2 aromatic rings. The second-order valence-electron chi connectivity index (χ2n) is 4.10. The number of nitrogens with two attached hydrogens (primary N) is 1. The topological polar surface area (TPSA) is 35.2 Å². The van der Waals surface area contributed by atoms with Crippen LogP contribution in [0.4, 0.5) is 13.2 Å². The number of halogens is 3. The molecule has 0 radical (unpaired) electrons. The Hall–Kier alpha value is -2.01. The van der Waals surface area contributed by atoms with E-state index in [-0.39, 0.29) is 11.5 Å². The number of rotatable bonds is 3. The van der Waals surface area contributed by atoms with E-state index in [4.69, 9.17) is 10.5 Å². The Morgan fingerprint density at radius 1 is 1.00 bits per heavy atom. The van der Waals surface area contributed by atoms with Crippen LogP contribution in [0.5, 0.6) is 11.5 Å². The van der Waals surface area contributed by atoms with Crippen LogP contribution in [-0.4, -0.2) is 0 Å². The van der Waals surface area contributed by atoms with Crippen molar-refractivity contribution < 1.29 is 17.9 Å². The van der Waals surface area contributed by atoms with Crippen molar-refractivity contribution in [2.75, 3.05) is 0 Å². The third-order valence-electron chi connectivity index (χ3n) is 2.62. The van der Waals surface area contributed by atoms with Crippen molar-refractivity contribution in [3.8, 4) is 11.5 Å². The van der Waals surface area contributed by atoms with Gasteiger partial charge in [-0.25, -0.2) is 8.78 Å². The van der Waals surface area contributed by atoms with Gasteiger partial charge in [-0.05, 0) is 25.1 Å². The molecule has 2 nitrogen and oxygen atoms in total. The zero-order chi connectivity index (χ0) is 14.0. The van der Waals surface area contributed by atoms with Gasteiger partial charge in [-0.3, -0.25) is 0 Å². The predicted molar refractivity (Wildman–Crippen MR) is 65.4 cm³/mol. The molecule has 0 saturated carbocycles. The minimum absolute atomic E-state index is 0.193. The van der Waals surface area contributed by atoms with Gasteiger partial charge >= 0.3 is 0 Å². The lowest BCUT2D eigenvalue weighted by atomic mass is 10.1. The molecule has 0 fully saturated rings. The van der Waals surface area contributed by atoms with E-state index in [2.05, 4.69) is 0 Å². The Morgan fingerprint density at radius 2 is 1.63 bits per heavy atom. The molecule has 100 valence electrons. The molecule has 0 aromatic heterocycles. The zero-order valence-corrected chi connectivity index (χ0v) is 10.2. The van der Waals surface area contributed by atoms with Crippen molar-refractivity contribution in [2.24, 2.45) is 5.73 Å². The largest absolute Gasteiger partial charge is 0.451 e. The summed E-state index contributed by atoms with van der Waals surface area (Å²) in [5.74, 6) is -3.48. The molecule has 2 rings (SSSR count). The molecule has 19 heavy (non-hydrogen) atoms. The van der Waals surface area contributed by atoms with Gasteiger partial charge in [-0.2, -0.15) is 4.39 Å². The number of benzene rings is 2. The second kappa shape index (κ2) is 5.32. The molecule has 2 aromatic carbocycles. The summed E-state index contributed by atoms with van der Waals surface area (Å²) >= 11 is 0. The minimum Gasteiger partial charge on any atom is -0.451 e. The fraction of sp³-hybridized carbons (Fsp3) is 0.143. The fourth-order valence-electron chi connectivity index (χ4n) is 1.66. The quantitative estimate of drug-likeness (QED) is 0.914. The van der Waals surface area contributed by atoms with E-state index in [9.17, 15) is 13.2 Å². The van der Waals surface area contributed by atoms with Crippen LogP contribution < -0.4 is 10.5 Å². The molecule has 0 aliphatic heterocycles. The average molecular weight is 267 g/mol. The Labute approximate surface area is 108 Å². The highest BCUT2D eigenvalue weighted by Crippen LogP contribution is 2.33. The minimum atomic E-state index is -1.17. The molecule has 0 heterocycles. The zero-order valence-electron chi connectivity index (χ0n) is 10.2. The molecule has 0 unspecified atom stereocenters. The van der Waals surface area contributed by atoms with E-state index in [1.165, 1.54) is 24.3 Å². The number of hydrogen-bond donors (Lipinski definition) is 1. The third-order valence-corrected chi connectivity index (χ3v) is 2.62. The number of para-hydroxylation sites is 1. The number of ether oxygens (including phenoxy) is 1. The van der Waals surface area contributed by atoms with Gasteiger partial charge in [-0.15, -0.1) is 0 Å². The Kier molecular flexibility index (Phi) is 3.76. The monoisotopic (exact) mass is 267 g/mol. The highest BCUT2D eigenvalue weighted by Gasteiger charge is 2.17. The van der Waals surface area contributed by atoms with E-state index < -0.39 is 23.5 Å². The summed E-state index contributed by atoms with van der Waals surface area (Å²) < 4.78 is 45.4. The highest BCUT2D eigenvalue weighted by atomic mass is 19.2. The summed E-state index contributed by atoms with van der Waals surface area (Å²) in [6.07, 6.45) is 0. The maximum Gasteiger partial charge on any atom is 0.201 e. The Bertz CT molecular complexity index is 599. The first-order valence-corrected chi connectivity index (χ1v) is 5.66. The van der Waals surface area contributed by atoms with Gasteiger partial charge in [0.15, 0.2) is 23.1 Å².